The zero-order chi connectivity index (χ0) is 14.0. The van der Waals surface area contributed by atoms with Gasteiger partial charge in [0, 0.05) is 28.2 Å². The Morgan fingerprint density at radius 3 is 2.74 bits per heavy atom. The van der Waals surface area contributed by atoms with Gasteiger partial charge in [0.2, 0.25) is 0 Å². The van der Waals surface area contributed by atoms with E-state index < -0.39 is 0 Å². The molecule has 1 amide bonds. The number of benzene rings is 1. The largest absolute Gasteiger partial charge is 0.337 e. The van der Waals surface area contributed by atoms with Gasteiger partial charge in [-0.2, -0.15) is 0 Å². The highest BCUT2D eigenvalue weighted by atomic mass is 79.9. The maximum atomic E-state index is 12.3. The van der Waals surface area contributed by atoms with E-state index in [1.165, 1.54) is 0 Å². The SMILES string of the molecule is Cc1ncc(CN(C)C(=O)c2ccc(C)c(Br)c2)s1. The topological polar surface area (TPSA) is 33.2 Å². The second-order valence-corrected chi connectivity index (χ2v) is 6.64. The van der Waals surface area contributed by atoms with Crippen LogP contribution < -0.4 is 0 Å². The molecule has 0 unspecified atom stereocenters. The Balaban J connectivity index is 2.12. The lowest BCUT2D eigenvalue weighted by atomic mass is 10.1. The van der Waals surface area contributed by atoms with Crippen molar-refractivity contribution >= 4 is 33.2 Å². The van der Waals surface area contributed by atoms with E-state index in [0.717, 1.165) is 19.9 Å². The molecule has 0 saturated heterocycles. The van der Waals surface area contributed by atoms with Crippen LogP contribution >= 0.6 is 27.3 Å². The summed E-state index contributed by atoms with van der Waals surface area (Å²) in [6.45, 7) is 4.56. The van der Waals surface area contributed by atoms with Crippen molar-refractivity contribution in [3.63, 3.8) is 0 Å². The number of hydrogen-bond donors (Lipinski definition) is 0. The molecule has 2 aromatic rings. The van der Waals surface area contributed by atoms with Crippen molar-refractivity contribution in [2.24, 2.45) is 0 Å². The maximum absolute atomic E-state index is 12.3. The van der Waals surface area contributed by atoms with E-state index in [9.17, 15) is 4.79 Å². The van der Waals surface area contributed by atoms with Crippen LogP contribution in [0.3, 0.4) is 0 Å². The minimum atomic E-state index is 0.0201. The molecular formula is C14H15BrN2OS. The first-order chi connectivity index (χ1) is 8.97. The predicted molar refractivity (Wildman–Crippen MR) is 81.5 cm³/mol. The number of hydrogen-bond acceptors (Lipinski definition) is 3. The maximum Gasteiger partial charge on any atom is 0.253 e. The van der Waals surface area contributed by atoms with Gasteiger partial charge in [-0.3, -0.25) is 4.79 Å². The average molecular weight is 339 g/mol. The standard InChI is InChI=1S/C14H15BrN2OS/c1-9-4-5-11(6-13(9)15)14(18)17(3)8-12-7-16-10(2)19-12/h4-7H,8H2,1-3H3. The van der Waals surface area contributed by atoms with Gasteiger partial charge >= 0.3 is 0 Å². The van der Waals surface area contributed by atoms with E-state index in [4.69, 9.17) is 0 Å². The quantitative estimate of drug-likeness (QED) is 0.852. The Bertz CT molecular complexity index is 609. The van der Waals surface area contributed by atoms with Gasteiger partial charge in [0.25, 0.3) is 5.91 Å². The van der Waals surface area contributed by atoms with E-state index in [-0.39, 0.29) is 5.91 Å². The third-order valence-corrected chi connectivity index (χ3v) is 4.58. The van der Waals surface area contributed by atoms with Crippen molar-refractivity contribution < 1.29 is 4.79 Å². The second kappa shape index (κ2) is 5.84. The van der Waals surface area contributed by atoms with Crippen LogP contribution in [0.4, 0.5) is 0 Å². The summed E-state index contributed by atoms with van der Waals surface area (Å²) in [5, 5.41) is 1.02. The molecule has 0 aliphatic heterocycles. The Labute approximate surface area is 125 Å². The molecule has 19 heavy (non-hydrogen) atoms. The minimum absolute atomic E-state index is 0.0201. The summed E-state index contributed by atoms with van der Waals surface area (Å²) < 4.78 is 0.959. The number of nitrogens with zero attached hydrogens (tertiary/aromatic N) is 2. The first-order valence-electron chi connectivity index (χ1n) is 5.90. The highest BCUT2D eigenvalue weighted by Crippen LogP contribution is 2.19. The molecule has 0 radical (unpaired) electrons. The van der Waals surface area contributed by atoms with E-state index in [1.54, 1.807) is 16.2 Å². The van der Waals surface area contributed by atoms with Gasteiger partial charge < -0.3 is 4.90 Å². The van der Waals surface area contributed by atoms with E-state index >= 15 is 0 Å². The number of aromatic nitrogens is 1. The van der Waals surface area contributed by atoms with Crippen molar-refractivity contribution in [2.75, 3.05) is 7.05 Å². The summed E-state index contributed by atoms with van der Waals surface area (Å²) in [4.78, 5) is 19.3. The predicted octanol–water partition coefficient (Wildman–Crippen LogP) is 3.79. The van der Waals surface area contributed by atoms with Gasteiger partial charge in [0.05, 0.1) is 11.6 Å². The third-order valence-electron chi connectivity index (χ3n) is 2.83. The summed E-state index contributed by atoms with van der Waals surface area (Å²) in [7, 11) is 1.81. The molecule has 0 atom stereocenters. The van der Waals surface area contributed by atoms with Crippen LogP contribution in [0, 0.1) is 13.8 Å². The Morgan fingerprint density at radius 1 is 1.42 bits per heavy atom. The number of carbonyl (C=O) groups is 1. The number of halogens is 1. The smallest absolute Gasteiger partial charge is 0.253 e. The Kier molecular flexibility index (Phi) is 4.37. The molecule has 0 aliphatic rings. The van der Waals surface area contributed by atoms with Gasteiger partial charge in [-0.15, -0.1) is 11.3 Å². The van der Waals surface area contributed by atoms with Crippen LogP contribution in [0.25, 0.3) is 0 Å². The highest BCUT2D eigenvalue weighted by Gasteiger charge is 2.13. The van der Waals surface area contributed by atoms with Gasteiger partial charge in [0.1, 0.15) is 0 Å². The summed E-state index contributed by atoms with van der Waals surface area (Å²) in [5.74, 6) is 0.0201. The van der Waals surface area contributed by atoms with Crippen LogP contribution in [0.1, 0.15) is 25.8 Å². The average Bonchev–Trinajstić information content (AvgIpc) is 2.77. The summed E-state index contributed by atoms with van der Waals surface area (Å²) in [6, 6.07) is 5.67. The second-order valence-electron chi connectivity index (χ2n) is 4.47. The fourth-order valence-electron chi connectivity index (χ4n) is 1.73. The Hall–Kier alpha value is -1.20. The lowest BCUT2D eigenvalue weighted by Gasteiger charge is -2.16. The molecule has 0 N–H and O–H groups in total. The molecule has 1 aromatic carbocycles. The summed E-state index contributed by atoms with van der Waals surface area (Å²) in [6.07, 6.45) is 1.83. The van der Waals surface area contributed by atoms with Crippen LogP contribution in [0.2, 0.25) is 0 Å². The van der Waals surface area contributed by atoms with Crippen LogP contribution in [-0.4, -0.2) is 22.8 Å². The number of thiazole rings is 1. The van der Waals surface area contributed by atoms with E-state index in [0.29, 0.717) is 12.1 Å². The van der Waals surface area contributed by atoms with E-state index in [2.05, 4.69) is 20.9 Å². The van der Waals surface area contributed by atoms with Crippen molar-refractivity contribution in [2.45, 2.75) is 20.4 Å². The van der Waals surface area contributed by atoms with Crippen LogP contribution in [0.5, 0.6) is 0 Å². The first-order valence-corrected chi connectivity index (χ1v) is 7.51. The molecule has 1 aromatic heterocycles. The molecule has 2 rings (SSSR count). The van der Waals surface area contributed by atoms with Gasteiger partial charge in [0.15, 0.2) is 0 Å². The molecule has 0 saturated carbocycles. The fourth-order valence-corrected chi connectivity index (χ4v) is 2.96. The van der Waals surface area contributed by atoms with Crippen molar-refractivity contribution in [3.05, 3.63) is 49.9 Å². The molecule has 3 nitrogen and oxygen atoms in total. The molecule has 1 heterocycles. The lowest BCUT2D eigenvalue weighted by Crippen LogP contribution is -2.25. The number of amides is 1. The van der Waals surface area contributed by atoms with Crippen molar-refractivity contribution in [1.29, 1.82) is 0 Å². The zero-order valence-electron chi connectivity index (χ0n) is 11.1. The summed E-state index contributed by atoms with van der Waals surface area (Å²) in [5.41, 5.74) is 1.82. The lowest BCUT2D eigenvalue weighted by molar-refractivity contribution is 0.0786. The normalized spacial score (nSPS) is 10.5. The number of rotatable bonds is 3. The van der Waals surface area contributed by atoms with E-state index in [1.807, 2.05) is 45.3 Å². The Morgan fingerprint density at radius 2 is 2.16 bits per heavy atom. The monoisotopic (exact) mass is 338 g/mol. The number of aryl methyl sites for hydroxylation is 2. The zero-order valence-corrected chi connectivity index (χ0v) is 13.5. The molecule has 0 bridgehead atoms. The fraction of sp³-hybridized carbons (Fsp3) is 0.286. The molecule has 0 aliphatic carbocycles. The first kappa shape index (κ1) is 14.2. The third kappa shape index (κ3) is 3.42. The molecule has 100 valence electrons. The van der Waals surface area contributed by atoms with Crippen LogP contribution in [0.15, 0.2) is 28.9 Å². The van der Waals surface area contributed by atoms with Crippen LogP contribution in [-0.2, 0) is 6.54 Å². The van der Waals surface area contributed by atoms with Gasteiger partial charge in [-0.05, 0) is 31.5 Å². The molecule has 5 heteroatoms. The number of carbonyl (C=O) groups excluding carboxylic acids is 1. The van der Waals surface area contributed by atoms with Crippen molar-refractivity contribution in [1.82, 2.24) is 9.88 Å². The molecule has 0 fully saturated rings. The summed E-state index contributed by atoms with van der Waals surface area (Å²) >= 11 is 5.07. The molecule has 0 spiro atoms. The molecular weight excluding hydrogens is 324 g/mol. The highest BCUT2D eigenvalue weighted by molar-refractivity contribution is 9.10. The van der Waals surface area contributed by atoms with Gasteiger partial charge in [-0.1, -0.05) is 22.0 Å². The van der Waals surface area contributed by atoms with Gasteiger partial charge in [-0.25, -0.2) is 4.98 Å². The van der Waals surface area contributed by atoms with Crippen molar-refractivity contribution in [3.8, 4) is 0 Å². The minimum Gasteiger partial charge on any atom is -0.337 e.